The van der Waals surface area contributed by atoms with Crippen molar-refractivity contribution in [1.29, 1.82) is 0 Å². The summed E-state index contributed by atoms with van der Waals surface area (Å²) in [6.45, 7) is 14.4. The molecule has 0 aromatic rings. The molecule has 0 saturated carbocycles. The second-order valence-electron chi connectivity index (χ2n) is 4.33. The molecule has 0 saturated heterocycles. The van der Waals surface area contributed by atoms with Crippen molar-refractivity contribution in [3.05, 3.63) is 12.7 Å². The van der Waals surface area contributed by atoms with Crippen molar-refractivity contribution in [3.8, 4) is 11.8 Å². The average Bonchev–Trinajstić information content (AvgIpc) is 2.23. The van der Waals surface area contributed by atoms with E-state index in [1.165, 1.54) is 18.1 Å². The van der Waals surface area contributed by atoms with Gasteiger partial charge in [-0.3, -0.25) is 0 Å². The van der Waals surface area contributed by atoms with Crippen molar-refractivity contribution >= 4 is 8.32 Å². The van der Waals surface area contributed by atoms with E-state index >= 15 is 0 Å². The van der Waals surface area contributed by atoms with Gasteiger partial charge in [0.15, 0.2) is 8.32 Å². The molecule has 0 spiro atoms. The van der Waals surface area contributed by atoms with Crippen LogP contribution in [-0.4, -0.2) is 13.9 Å². The van der Waals surface area contributed by atoms with Crippen LogP contribution in [0.1, 0.15) is 34.6 Å². The second-order valence-corrected chi connectivity index (χ2v) is 9.02. The van der Waals surface area contributed by atoms with Crippen LogP contribution in [-0.2, 0) is 4.43 Å². The Bertz CT molecular complexity index is 245. The fraction of sp³-hybridized carbons (Fsp3) is 0.692. The van der Waals surface area contributed by atoms with Gasteiger partial charge in [-0.15, -0.1) is 0 Å². The minimum absolute atomic E-state index is 0.331. The highest BCUT2D eigenvalue weighted by Crippen LogP contribution is 2.27. The molecule has 0 aliphatic heterocycles. The average molecular weight is 224 g/mol. The molecular formula is C13H24OSi. The summed E-state index contributed by atoms with van der Waals surface area (Å²) in [7, 11) is -1.54. The summed E-state index contributed by atoms with van der Waals surface area (Å²) in [5, 5.41) is 0. The molecule has 15 heavy (non-hydrogen) atoms. The Hall–Kier alpha value is -0.523. The van der Waals surface area contributed by atoms with E-state index in [0.29, 0.717) is 0 Å². The van der Waals surface area contributed by atoms with E-state index in [1.807, 2.05) is 13.8 Å². The van der Waals surface area contributed by atoms with Gasteiger partial charge in [0.05, 0.1) is 0 Å². The molecule has 0 aliphatic rings. The zero-order chi connectivity index (χ0) is 11.9. The normalized spacial score (nSPS) is 11.8. The lowest BCUT2D eigenvalue weighted by molar-refractivity contribution is 0.157. The first-order valence-electron chi connectivity index (χ1n) is 5.79. The molecule has 0 bridgehead atoms. The summed E-state index contributed by atoms with van der Waals surface area (Å²) in [5.74, 6) is 6.01. The Morgan fingerprint density at radius 1 is 1.20 bits per heavy atom. The summed E-state index contributed by atoms with van der Waals surface area (Å²) in [5.41, 5.74) is -0.331. The molecule has 0 N–H and O–H groups in total. The second kappa shape index (κ2) is 6.15. The van der Waals surface area contributed by atoms with Crippen LogP contribution in [0.15, 0.2) is 12.7 Å². The van der Waals surface area contributed by atoms with Crippen molar-refractivity contribution in [1.82, 2.24) is 0 Å². The van der Waals surface area contributed by atoms with Crippen molar-refractivity contribution in [2.24, 2.45) is 0 Å². The molecule has 0 unspecified atom stereocenters. The summed E-state index contributed by atoms with van der Waals surface area (Å²) in [6.07, 6.45) is 1.62. The highest BCUT2D eigenvalue weighted by atomic mass is 28.4. The van der Waals surface area contributed by atoms with Gasteiger partial charge in [-0.1, -0.05) is 39.2 Å². The molecule has 86 valence electrons. The monoisotopic (exact) mass is 224 g/mol. The first kappa shape index (κ1) is 14.5. The molecule has 0 aromatic heterocycles. The van der Waals surface area contributed by atoms with E-state index in [9.17, 15) is 0 Å². The molecule has 0 aliphatic carbocycles. The molecule has 0 atom stereocenters. The highest BCUT2D eigenvalue weighted by molar-refractivity contribution is 6.73. The van der Waals surface area contributed by atoms with Crippen molar-refractivity contribution < 1.29 is 4.43 Å². The summed E-state index contributed by atoms with van der Waals surface area (Å²) in [6, 6.07) is 3.50. The molecule has 0 aromatic carbocycles. The zero-order valence-electron chi connectivity index (χ0n) is 10.8. The van der Waals surface area contributed by atoms with Gasteiger partial charge in [-0.2, -0.15) is 0 Å². The number of allylic oxidation sites excluding steroid dienone is 1. The minimum atomic E-state index is -1.54. The fourth-order valence-electron chi connectivity index (χ4n) is 1.76. The van der Waals surface area contributed by atoms with Gasteiger partial charge >= 0.3 is 0 Å². The summed E-state index contributed by atoms with van der Waals surface area (Å²) < 4.78 is 6.29. The topological polar surface area (TPSA) is 9.23 Å². The van der Waals surface area contributed by atoms with E-state index in [4.69, 9.17) is 4.43 Å². The van der Waals surface area contributed by atoms with Crippen LogP contribution in [0.3, 0.4) is 0 Å². The quantitative estimate of drug-likeness (QED) is 0.507. The van der Waals surface area contributed by atoms with E-state index in [2.05, 4.69) is 39.2 Å². The largest absolute Gasteiger partial charge is 0.401 e. The van der Waals surface area contributed by atoms with Crippen LogP contribution in [0.2, 0.25) is 18.1 Å². The van der Waals surface area contributed by atoms with Crippen LogP contribution >= 0.6 is 0 Å². The third kappa shape index (κ3) is 4.68. The SMILES string of the molecule is C=CC#CC(C)(C)O[Si](CC)(CC)CC. The van der Waals surface area contributed by atoms with Gasteiger partial charge in [-0.05, 0) is 38.1 Å². The highest BCUT2D eigenvalue weighted by Gasteiger charge is 2.34. The predicted molar refractivity (Wildman–Crippen MR) is 70.3 cm³/mol. The fourth-order valence-corrected chi connectivity index (χ4v) is 4.82. The lowest BCUT2D eigenvalue weighted by Crippen LogP contribution is -2.43. The van der Waals surface area contributed by atoms with E-state index in [0.717, 1.165) is 0 Å². The summed E-state index contributed by atoms with van der Waals surface area (Å²) in [4.78, 5) is 0. The maximum Gasteiger partial charge on any atom is 0.194 e. The Morgan fingerprint density at radius 2 is 1.67 bits per heavy atom. The lowest BCUT2D eigenvalue weighted by Gasteiger charge is -2.35. The van der Waals surface area contributed by atoms with E-state index < -0.39 is 8.32 Å². The molecule has 0 rings (SSSR count). The van der Waals surface area contributed by atoms with Gasteiger partial charge in [-0.25, -0.2) is 0 Å². The van der Waals surface area contributed by atoms with Crippen molar-refractivity contribution in [3.63, 3.8) is 0 Å². The van der Waals surface area contributed by atoms with E-state index in [-0.39, 0.29) is 5.60 Å². The Morgan fingerprint density at radius 3 is 2.00 bits per heavy atom. The van der Waals surface area contributed by atoms with Gasteiger partial charge < -0.3 is 4.43 Å². The van der Waals surface area contributed by atoms with Gasteiger partial charge in [0.1, 0.15) is 5.60 Å². The maximum atomic E-state index is 6.29. The number of hydrogen-bond donors (Lipinski definition) is 0. The molecule has 0 heterocycles. The molecule has 1 nitrogen and oxygen atoms in total. The molecule has 0 fully saturated rings. The first-order chi connectivity index (χ1) is 6.95. The number of hydrogen-bond acceptors (Lipinski definition) is 1. The molecular weight excluding hydrogens is 200 g/mol. The zero-order valence-corrected chi connectivity index (χ0v) is 11.8. The van der Waals surface area contributed by atoms with Crippen molar-refractivity contribution in [2.45, 2.75) is 58.4 Å². The van der Waals surface area contributed by atoms with Gasteiger partial charge in [0.2, 0.25) is 0 Å². The van der Waals surface area contributed by atoms with E-state index in [1.54, 1.807) is 6.08 Å². The molecule has 0 radical (unpaired) electrons. The Balaban J connectivity index is 4.72. The minimum Gasteiger partial charge on any atom is -0.401 e. The Labute approximate surface area is 96.0 Å². The third-order valence-corrected chi connectivity index (χ3v) is 7.69. The number of rotatable bonds is 5. The van der Waals surface area contributed by atoms with Crippen LogP contribution in [0.25, 0.3) is 0 Å². The van der Waals surface area contributed by atoms with Crippen LogP contribution in [0.4, 0.5) is 0 Å². The van der Waals surface area contributed by atoms with Gasteiger partial charge in [0.25, 0.3) is 0 Å². The smallest absolute Gasteiger partial charge is 0.194 e. The van der Waals surface area contributed by atoms with Crippen LogP contribution in [0, 0.1) is 11.8 Å². The third-order valence-electron chi connectivity index (χ3n) is 2.88. The predicted octanol–water partition coefficient (Wildman–Crippen LogP) is 3.98. The van der Waals surface area contributed by atoms with Crippen LogP contribution in [0.5, 0.6) is 0 Å². The van der Waals surface area contributed by atoms with Gasteiger partial charge in [0, 0.05) is 0 Å². The molecule has 2 heteroatoms. The first-order valence-corrected chi connectivity index (χ1v) is 8.32. The Kier molecular flexibility index (Phi) is 5.93. The summed E-state index contributed by atoms with van der Waals surface area (Å²) >= 11 is 0. The maximum absolute atomic E-state index is 6.29. The molecule has 0 amide bonds. The lowest BCUT2D eigenvalue weighted by atomic mass is 10.1. The van der Waals surface area contributed by atoms with Crippen LogP contribution < -0.4 is 0 Å². The van der Waals surface area contributed by atoms with Crippen molar-refractivity contribution in [2.75, 3.05) is 0 Å². The standard InChI is InChI=1S/C13H24OSi/c1-7-11-12-13(5,6)14-15(8-2,9-3)10-4/h7H,1,8-10H2,2-6H3.